The second kappa shape index (κ2) is 7.81. The summed E-state index contributed by atoms with van der Waals surface area (Å²) in [6.07, 6.45) is 3.34. The molecule has 1 saturated carbocycles. The molecule has 1 amide bonds. The minimum atomic E-state index is -2.59. The van der Waals surface area contributed by atoms with E-state index in [1.807, 2.05) is 6.07 Å². The average Bonchev–Trinajstić information content (AvgIpc) is 3.32. The first-order valence-corrected chi connectivity index (χ1v) is 12.5. The Morgan fingerprint density at radius 3 is 2.33 bits per heavy atom. The van der Waals surface area contributed by atoms with Crippen LogP contribution in [0.5, 0.6) is 5.75 Å². The predicted molar refractivity (Wildman–Crippen MR) is 128 cm³/mol. The highest BCUT2D eigenvalue weighted by Gasteiger charge is 2.65. The van der Waals surface area contributed by atoms with E-state index in [-0.39, 0.29) is 23.3 Å². The van der Waals surface area contributed by atoms with Crippen LogP contribution in [0.2, 0.25) is 0 Å². The normalized spacial score (nSPS) is 32.2. The van der Waals surface area contributed by atoms with Crippen molar-refractivity contribution in [3.63, 3.8) is 0 Å². The Labute approximate surface area is 207 Å². The van der Waals surface area contributed by atoms with Crippen molar-refractivity contribution < 1.29 is 34.8 Å². The lowest BCUT2D eigenvalue weighted by Crippen LogP contribution is -2.68. The lowest BCUT2D eigenvalue weighted by molar-refractivity contribution is -0.157. The van der Waals surface area contributed by atoms with E-state index in [2.05, 4.69) is 4.90 Å². The maximum atomic E-state index is 13.9. The second-order valence-corrected chi connectivity index (χ2v) is 10.5. The number of aromatic hydroxyl groups is 1. The fourth-order valence-electron chi connectivity index (χ4n) is 6.93. The van der Waals surface area contributed by atoms with Gasteiger partial charge in [0.05, 0.1) is 11.6 Å². The zero-order valence-corrected chi connectivity index (χ0v) is 19.7. The molecule has 2 saturated heterocycles. The Kier molecular flexibility index (Phi) is 5.00. The van der Waals surface area contributed by atoms with Crippen molar-refractivity contribution in [2.45, 2.75) is 43.7 Å². The summed E-state index contributed by atoms with van der Waals surface area (Å²) in [6.45, 7) is 2.80. The van der Waals surface area contributed by atoms with E-state index in [1.165, 1.54) is 6.07 Å². The van der Waals surface area contributed by atoms with E-state index in [0.717, 1.165) is 43.6 Å². The number of carbonyl (C=O) groups excluding carboxylic acids is 3. The smallest absolute Gasteiger partial charge is 0.255 e. The fourth-order valence-corrected chi connectivity index (χ4v) is 6.93. The summed E-state index contributed by atoms with van der Waals surface area (Å²) in [7, 11) is 0. The molecule has 10 heteroatoms. The van der Waals surface area contributed by atoms with Crippen LogP contribution in [-0.2, 0) is 20.8 Å². The molecule has 3 aliphatic carbocycles. The molecule has 36 heavy (non-hydrogen) atoms. The molecule has 2 aliphatic heterocycles. The Bertz CT molecular complexity index is 1270. The summed E-state index contributed by atoms with van der Waals surface area (Å²) in [6, 6.07) is 2.31. The third-order valence-electron chi connectivity index (χ3n) is 8.75. The number of benzene rings is 1. The van der Waals surface area contributed by atoms with Crippen LogP contribution in [0.15, 0.2) is 29.0 Å². The van der Waals surface area contributed by atoms with E-state index in [4.69, 9.17) is 5.73 Å². The molecule has 190 valence electrons. The number of rotatable bonds is 3. The number of likely N-dealkylation sites (tertiary alicyclic amines) is 1. The van der Waals surface area contributed by atoms with Crippen molar-refractivity contribution >= 4 is 28.9 Å². The molecule has 4 atom stereocenters. The number of primary amides is 1. The first kappa shape index (κ1) is 23.1. The lowest BCUT2D eigenvalue weighted by Gasteiger charge is -2.53. The SMILES string of the molecule is NC(=O)C1=C(O)[C@@]2(O)C(=O)C3=C(O)c4c(O)ccc(N5CCCC5)c4C[C@H]3C[C@H]2[C@@H](N2CCC2)C1=O. The zero-order valence-electron chi connectivity index (χ0n) is 19.7. The van der Waals surface area contributed by atoms with Gasteiger partial charge in [-0.3, -0.25) is 19.3 Å². The van der Waals surface area contributed by atoms with Crippen molar-refractivity contribution in [2.75, 3.05) is 31.1 Å². The topological polar surface area (TPSA) is 165 Å². The number of aliphatic hydroxyl groups excluding tert-OH is 2. The number of aliphatic hydroxyl groups is 3. The Hall–Kier alpha value is -3.37. The predicted octanol–water partition coefficient (Wildman–Crippen LogP) is 0.708. The molecule has 0 bridgehead atoms. The minimum absolute atomic E-state index is 0.109. The molecular formula is C26H29N3O7. The number of nitrogens with zero attached hydrogens (tertiary/aromatic N) is 2. The van der Waals surface area contributed by atoms with Crippen molar-refractivity contribution in [3.8, 4) is 5.75 Å². The number of anilines is 1. The largest absolute Gasteiger partial charge is 0.508 e. The van der Waals surface area contributed by atoms with Gasteiger partial charge in [0.25, 0.3) is 5.91 Å². The number of phenols is 1. The van der Waals surface area contributed by atoms with Crippen LogP contribution in [0.3, 0.4) is 0 Å². The van der Waals surface area contributed by atoms with Gasteiger partial charge in [0.15, 0.2) is 11.4 Å². The van der Waals surface area contributed by atoms with Crippen molar-refractivity contribution in [1.29, 1.82) is 0 Å². The van der Waals surface area contributed by atoms with Crippen molar-refractivity contribution in [2.24, 2.45) is 17.6 Å². The zero-order chi connectivity index (χ0) is 25.5. The van der Waals surface area contributed by atoms with Crippen LogP contribution >= 0.6 is 0 Å². The third-order valence-corrected chi connectivity index (χ3v) is 8.75. The van der Waals surface area contributed by atoms with Gasteiger partial charge >= 0.3 is 0 Å². The highest BCUT2D eigenvalue weighted by molar-refractivity contribution is 6.24. The number of hydrogen-bond acceptors (Lipinski definition) is 9. The van der Waals surface area contributed by atoms with Gasteiger partial charge in [-0.25, -0.2) is 0 Å². The molecule has 2 heterocycles. The summed E-state index contributed by atoms with van der Waals surface area (Å²) in [5.41, 5.74) is 3.69. The number of hydrogen-bond donors (Lipinski definition) is 5. The van der Waals surface area contributed by atoms with Crippen LogP contribution in [0, 0.1) is 11.8 Å². The molecule has 0 radical (unpaired) electrons. The lowest BCUT2D eigenvalue weighted by atomic mass is 9.57. The average molecular weight is 496 g/mol. The highest BCUT2D eigenvalue weighted by atomic mass is 16.3. The third kappa shape index (κ3) is 2.88. The molecule has 0 unspecified atom stereocenters. The molecule has 6 N–H and O–H groups in total. The van der Waals surface area contributed by atoms with Gasteiger partial charge in [-0.05, 0) is 55.7 Å². The van der Waals surface area contributed by atoms with Gasteiger partial charge in [0, 0.05) is 43.4 Å². The molecule has 5 aliphatic rings. The van der Waals surface area contributed by atoms with Crippen molar-refractivity contribution in [1.82, 2.24) is 4.90 Å². The van der Waals surface area contributed by atoms with Gasteiger partial charge in [-0.15, -0.1) is 0 Å². The minimum Gasteiger partial charge on any atom is -0.508 e. The Morgan fingerprint density at radius 1 is 1.03 bits per heavy atom. The molecule has 1 aromatic carbocycles. The van der Waals surface area contributed by atoms with E-state index in [9.17, 15) is 34.8 Å². The van der Waals surface area contributed by atoms with Crippen molar-refractivity contribution in [3.05, 3.63) is 40.2 Å². The van der Waals surface area contributed by atoms with E-state index in [0.29, 0.717) is 19.5 Å². The summed E-state index contributed by atoms with van der Waals surface area (Å²) in [5, 5.41) is 44.7. The van der Waals surface area contributed by atoms with Gasteiger partial charge in [-0.2, -0.15) is 0 Å². The number of nitrogens with two attached hydrogens (primary N) is 1. The number of fused-ring (bicyclic) bond motifs is 3. The molecule has 0 aromatic heterocycles. The number of Topliss-reactive ketones (excluding diaryl/α,β-unsaturated/α-hetero) is 2. The maximum Gasteiger partial charge on any atom is 0.255 e. The van der Waals surface area contributed by atoms with Crippen LogP contribution in [0.4, 0.5) is 5.69 Å². The van der Waals surface area contributed by atoms with E-state index < -0.39 is 58.0 Å². The number of ketones is 2. The Balaban J connectivity index is 1.53. The molecule has 3 fully saturated rings. The molecular weight excluding hydrogens is 466 g/mol. The first-order chi connectivity index (χ1) is 17.2. The standard InChI is InChI=1S/C26H29N3O7/c27-25(35)19-22(32)20(29-8-3-9-29)14-11-12-10-13-15(28-6-1-2-7-28)4-5-16(30)18(13)21(31)17(12)23(33)26(14,36)24(19)34/h4-5,12,14,20,30-31,34,36H,1-3,6-11H2,(H2,27,35)/t12-,14-,20+,26-/m0/s1. The molecule has 0 spiro atoms. The van der Waals surface area contributed by atoms with Crippen LogP contribution in [0.25, 0.3) is 5.76 Å². The number of amides is 1. The highest BCUT2D eigenvalue weighted by Crippen LogP contribution is 2.54. The number of carbonyl (C=O) groups is 3. The molecule has 6 rings (SSSR count). The maximum absolute atomic E-state index is 13.9. The van der Waals surface area contributed by atoms with Gasteiger partial charge in [-0.1, -0.05) is 0 Å². The monoisotopic (exact) mass is 495 g/mol. The second-order valence-electron chi connectivity index (χ2n) is 10.5. The quantitative estimate of drug-likeness (QED) is 0.380. The van der Waals surface area contributed by atoms with Crippen LogP contribution < -0.4 is 10.6 Å². The van der Waals surface area contributed by atoms with Crippen LogP contribution in [-0.4, -0.2) is 80.6 Å². The number of phenolic OH excluding ortho intramolecular Hbond substituents is 1. The summed E-state index contributed by atoms with van der Waals surface area (Å²) in [5.74, 6) is -6.11. The molecule has 1 aromatic rings. The van der Waals surface area contributed by atoms with Gasteiger partial charge < -0.3 is 31.1 Å². The van der Waals surface area contributed by atoms with E-state index in [1.54, 1.807) is 4.90 Å². The van der Waals surface area contributed by atoms with Gasteiger partial charge in [0.1, 0.15) is 22.8 Å². The summed E-state index contributed by atoms with van der Waals surface area (Å²) in [4.78, 5) is 43.4. The Morgan fingerprint density at radius 2 is 1.72 bits per heavy atom. The van der Waals surface area contributed by atoms with Gasteiger partial charge in [0.2, 0.25) is 5.78 Å². The fraction of sp³-hybridized carbons (Fsp3) is 0.500. The van der Waals surface area contributed by atoms with Crippen LogP contribution in [0.1, 0.15) is 36.8 Å². The first-order valence-electron chi connectivity index (χ1n) is 12.5. The van der Waals surface area contributed by atoms with E-state index >= 15 is 0 Å². The summed E-state index contributed by atoms with van der Waals surface area (Å²) < 4.78 is 0. The molecule has 10 nitrogen and oxygen atoms in total. The summed E-state index contributed by atoms with van der Waals surface area (Å²) >= 11 is 0.